The van der Waals surface area contributed by atoms with Gasteiger partial charge in [0.1, 0.15) is 0 Å². The molecule has 1 aliphatic heterocycles. The van der Waals surface area contributed by atoms with Gasteiger partial charge in [0.25, 0.3) is 0 Å². The van der Waals surface area contributed by atoms with Crippen molar-refractivity contribution < 1.29 is 13.2 Å². The fourth-order valence-electron chi connectivity index (χ4n) is 2.22. The molecule has 5 nitrogen and oxygen atoms in total. The Kier molecular flexibility index (Phi) is 6.23. The van der Waals surface area contributed by atoms with Crippen molar-refractivity contribution in [3.63, 3.8) is 0 Å². The highest BCUT2D eigenvalue weighted by atomic mass is 32.2. The monoisotopic (exact) mass is 292 g/mol. The lowest BCUT2D eigenvalue weighted by Gasteiger charge is -2.35. The van der Waals surface area contributed by atoms with Crippen molar-refractivity contribution in [3.8, 4) is 0 Å². The first-order valence-corrected chi connectivity index (χ1v) is 8.42. The number of nitrogens with zero attached hydrogens (tertiary/aromatic N) is 1. The molecule has 6 heteroatoms. The van der Waals surface area contributed by atoms with Gasteiger partial charge in [-0.25, -0.2) is 12.7 Å². The molecule has 0 aromatic carbocycles. The lowest BCUT2D eigenvalue weighted by molar-refractivity contribution is 0.194. The summed E-state index contributed by atoms with van der Waals surface area (Å²) in [7, 11) is -1.47. The minimum atomic E-state index is -3.16. The topological polar surface area (TPSA) is 58.6 Å². The third kappa shape index (κ3) is 4.70. The van der Waals surface area contributed by atoms with Gasteiger partial charge < -0.3 is 10.1 Å². The van der Waals surface area contributed by atoms with Crippen LogP contribution in [0, 0.1) is 5.92 Å². The highest BCUT2D eigenvalue weighted by molar-refractivity contribution is 7.90. The smallest absolute Gasteiger partial charge is 0.219 e. The third-order valence-electron chi connectivity index (χ3n) is 3.60. The van der Waals surface area contributed by atoms with Gasteiger partial charge in [0.15, 0.2) is 0 Å². The molecule has 0 aromatic rings. The summed E-state index contributed by atoms with van der Waals surface area (Å²) in [5.74, 6) is 0.572. The number of nitrogens with one attached hydrogen (secondary N) is 1. The molecule has 0 radical (unpaired) electrons. The summed E-state index contributed by atoms with van der Waals surface area (Å²) < 4.78 is 30.5. The summed E-state index contributed by atoms with van der Waals surface area (Å²) in [6.07, 6.45) is 1.88. The zero-order chi connectivity index (χ0) is 14.5. The standard InChI is InChI=1S/C13H28N2O3S/c1-13(2,3)19(16,17)15-8-5-12(6-9-15)11-14-7-10-18-4/h12,14H,5-11H2,1-4H3. The van der Waals surface area contributed by atoms with E-state index in [0.717, 1.165) is 32.5 Å². The van der Waals surface area contributed by atoms with Crippen LogP contribution in [0.1, 0.15) is 33.6 Å². The average molecular weight is 292 g/mol. The van der Waals surface area contributed by atoms with Crippen molar-refractivity contribution in [2.45, 2.75) is 38.4 Å². The molecule has 0 spiro atoms. The van der Waals surface area contributed by atoms with Crippen LogP contribution in [0.25, 0.3) is 0 Å². The molecule has 19 heavy (non-hydrogen) atoms. The highest BCUT2D eigenvalue weighted by Crippen LogP contribution is 2.25. The van der Waals surface area contributed by atoms with Gasteiger partial charge in [0.2, 0.25) is 10.0 Å². The summed E-state index contributed by atoms with van der Waals surface area (Å²) in [5, 5.41) is 3.35. The summed E-state index contributed by atoms with van der Waals surface area (Å²) >= 11 is 0. The van der Waals surface area contributed by atoms with E-state index < -0.39 is 14.8 Å². The molecular weight excluding hydrogens is 264 g/mol. The van der Waals surface area contributed by atoms with Gasteiger partial charge >= 0.3 is 0 Å². The zero-order valence-corrected chi connectivity index (χ0v) is 13.4. The average Bonchev–Trinajstić information content (AvgIpc) is 2.34. The number of ether oxygens (including phenoxy) is 1. The molecule has 1 rings (SSSR count). The molecule has 0 saturated carbocycles. The van der Waals surface area contributed by atoms with Crippen molar-refractivity contribution in [2.24, 2.45) is 5.92 Å². The maximum Gasteiger partial charge on any atom is 0.219 e. The molecule has 114 valence electrons. The van der Waals surface area contributed by atoms with Crippen molar-refractivity contribution in [3.05, 3.63) is 0 Å². The van der Waals surface area contributed by atoms with Crippen LogP contribution < -0.4 is 5.32 Å². The van der Waals surface area contributed by atoms with Crippen LogP contribution in [0.2, 0.25) is 0 Å². The van der Waals surface area contributed by atoms with Gasteiger partial charge in [-0.15, -0.1) is 0 Å². The van der Waals surface area contributed by atoms with Crippen LogP contribution in [0.3, 0.4) is 0 Å². The Bertz CT molecular complexity index is 355. The quantitative estimate of drug-likeness (QED) is 0.744. The molecule has 0 aliphatic carbocycles. The van der Waals surface area contributed by atoms with Crippen LogP contribution in [0.5, 0.6) is 0 Å². The van der Waals surface area contributed by atoms with Crippen LogP contribution in [-0.2, 0) is 14.8 Å². The van der Waals surface area contributed by atoms with Gasteiger partial charge in [-0.3, -0.25) is 0 Å². The normalized spacial score (nSPS) is 19.8. The number of piperidine rings is 1. The Morgan fingerprint density at radius 1 is 1.26 bits per heavy atom. The third-order valence-corrected chi connectivity index (χ3v) is 6.20. The predicted octanol–water partition coefficient (Wildman–Crippen LogP) is 1.06. The van der Waals surface area contributed by atoms with Crippen molar-refractivity contribution in [1.82, 2.24) is 9.62 Å². The zero-order valence-electron chi connectivity index (χ0n) is 12.6. The summed E-state index contributed by atoms with van der Waals surface area (Å²) in [6, 6.07) is 0. The molecule has 0 amide bonds. The number of rotatable bonds is 6. The van der Waals surface area contributed by atoms with E-state index in [1.165, 1.54) is 0 Å². The van der Waals surface area contributed by atoms with Crippen molar-refractivity contribution in [1.29, 1.82) is 0 Å². The molecule has 1 saturated heterocycles. The molecule has 1 fully saturated rings. The lowest BCUT2D eigenvalue weighted by atomic mass is 9.98. The largest absolute Gasteiger partial charge is 0.383 e. The minimum Gasteiger partial charge on any atom is -0.383 e. The van der Waals surface area contributed by atoms with E-state index in [-0.39, 0.29) is 0 Å². The van der Waals surface area contributed by atoms with E-state index >= 15 is 0 Å². The first-order valence-electron chi connectivity index (χ1n) is 6.98. The van der Waals surface area contributed by atoms with Crippen molar-refractivity contribution >= 4 is 10.0 Å². The second-order valence-electron chi connectivity index (χ2n) is 6.16. The fraction of sp³-hybridized carbons (Fsp3) is 1.00. The van der Waals surface area contributed by atoms with Crippen LogP contribution in [0.15, 0.2) is 0 Å². The van der Waals surface area contributed by atoms with Crippen molar-refractivity contribution in [2.75, 3.05) is 39.9 Å². The molecular formula is C13H28N2O3S. The first kappa shape index (κ1) is 16.9. The predicted molar refractivity (Wildman–Crippen MR) is 77.7 cm³/mol. The number of sulfonamides is 1. The van der Waals surface area contributed by atoms with E-state index in [1.807, 2.05) is 0 Å². The second kappa shape index (κ2) is 7.02. The van der Waals surface area contributed by atoms with Gasteiger partial charge in [-0.2, -0.15) is 0 Å². The number of hydrogen-bond acceptors (Lipinski definition) is 4. The molecule has 0 bridgehead atoms. The van der Waals surface area contributed by atoms with Crippen LogP contribution in [-0.4, -0.2) is 57.4 Å². The Balaban J connectivity index is 2.37. The maximum atomic E-state index is 12.3. The van der Waals surface area contributed by atoms with E-state index in [9.17, 15) is 8.42 Å². The summed E-state index contributed by atoms with van der Waals surface area (Å²) in [4.78, 5) is 0. The van der Waals surface area contributed by atoms with E-state index in [2.05, 4.69) is 5.32 Å². The van der Waals surface area contributed by atoms with E-state index in [0.29, 0.717) is 19.0 Å². The Morgan fingerprint density at radius 3 is 2.32 bits per heavy atom. The molecule has 1 heterocycles. The second-order valence-corrected chi connectivity index (χ2v) is 8.85. The lowest BCUT2D eigenvalue weighted by Crippen LogP contribution is -2.47. The SMILES string of the molecule is COCCNCC1CCN(S(=O)(=O)C(C)(C)C)CC1. The highest BCUT2D eigenvalue weighted by Gasteiger charge is 2.36. The van der Waals surface area contributed by atoms with Gasteiger partial charge in [-0.1, -0.05) is 0 Å². The van der Waals surface area contributed by atoms with E-state index in [4.69, 9.17) is 4.74 Å². The Hall–Kier alpha value is -0.170. The number of hydrogen-bond donors (Lipinski definition) is 1. The first-order chi connectivity index (χ1) is 8.79. The molecule has 1 aliphatic rings. The fourth-order valence-corrected chi connectivity index (χ4v) is 3.69. The van der Waals surface area contributed by atoms with Gasteiger partial charge in [0.05, 0.1) is 11.4 Å². The van der Waals surface area contributed by atoms with Crippen LogP contribution >= 0.6 is 0 Å². The minimum absolute atomic E-state index is 0.572. The summed E-state index contributed by atoms with van der Waals surface area (Å²) in [6.45, 7) is 9.12. The Labute approximate surface area is 117 Å². The van der Waals surface area contributed by atoms with Gasteiger partial charge in [0, 0.05) is 26.7 Å². The maximum absolute atomic E-state index is 12.3. The number of methoxy groups -OCH3 is 1. The molecule has 0 unspecified atom stereocenters. The molecule has 0 atom stereocenters. The Morgan fingerprint density at radius 2 is 1.84 bits per heavy atom. The molecule has 0 aromatic heterocycles. The summed E-state index contributed by atoms with van der Waals surface area (Å²) in [5.41, 5.74) is 0. The molecule has 1 N–H and O–H groups in total. The van der Waals surface area contributed by atoms with Crippen LogP contribution in [0.4, 0.5) is 0 Å². The van der Waals surface area contributed by atoms with Gasteiger partial charge in [-0.05, 0) is 46.1 Å². The van der Waals surface area contributed by atoms with E-state index in [1.54, 1.807) is 32.2 Å².